The van der Waals surface area contributed by atoms with Gasteiger partial charge in [-0.05, 0) is 0 Å². The van der Waals surface area contributed by atoms with Crippen molar-refractivity contribution in [2.45, 2.75) is 0 Å². The van der Waals surface area contributed by atoms with E-state index in [1.165, 1.54) is 4.46 Å². The Balaban J connectivity index is 2.51. The molecule has 1 nitrogen and oxygen atoms in total. The minimum absolute atomic E-state index is 0.297. The summed E-state index contributed by atoms with van der Waals surface area (Å²) in [6.45, 7) is 0. The Labute approximate surface area is 79.9 Å². The third-order valence-electron chi connectivity index (χ3n) is 1.18. The predicted molar refractivity (Wildman–Crippen MR) is 53.3 cm³/mol. The van der Waals surface area contributed by atoms with Crippen LogP contribution in [0.15, 0.2) is 30.3 Å². The third-order valence-corrected chi connectivity index (χ3v) is 2.65. The molecular formula is C10H11NSe. The molecule has 0 bridgehead atoms. The van der Waals surface area contributed by atoms with Crippen LogP contribution >= 0.6 is 0 Å². The Kier molecular flexibility index (Phi) is 3.73. The molecule has 1 aromatic carbocycles. The molecule has 0 heterocycles. The number of benzene rings is 1. The summed E-state index contributed by atoms with van der Waals surface area (Å²) in [6, 6.07) is 13.4. The molecule has 0 aliphatic carbocycles. The molecule has 0 atom stereocenters. The van der Waals surface area contributed by atoms with Crippen LogP contribution in [0.4, 0.5) is 0 Å². The van der Waals surface area contributed by atoms with Gasteiger partial charge in [-0.15, -0.1) is 0 Å². The Morgan fingerprint density at radius 1 is 1.17 bits per heavy atom. The molecule has 0 radical (unpaired) electrons. The summed E-state index contributed by atoms with van der Waals surface area (Å²) < 4.78 is 1.33. The molecule has 0 aliphatic heterocycles. The first-order valence-electron chi connectivity index (χ1n) is 3.69. The van der Waals surface area contributed by atoms with E-state index in [9.17, 15) is 0 Å². The molecule has 0 aromatic heterocycles. The van der Waals surface area contributed by atoms with E-state index in [0.29, 0.717) is 15.0 Å². The quantitative estimate of drug-likeness (QED) is 0.381. The molecular weight excluding hydrogens is 213 g/mol. The van der Waals surface area contributed by atoms with Gasteiger partial charge in [-0.2, -0.15) is 0 Å². The Bertz CT molecular complexity index is 282. The van der Waals surface area contributed by atoms with Crippen molar-refractivity contribution in [3.05, 3.63) is 30.3 Å². The summed E-state index contributed by atoms with van der Waals surface area (Å²) >= 11 is 0.297. The molecule has 0 fully saturated rings. The van der Waals surface area contributed by atoms with E-state index in [0.717, 1.165) is 0 Å². The van der Waals surface area contributed by atoms with Crippen LogP contribution in [0.3, 0.4) is 0 Å². The van der Waals surface area contributed by atoms with Gasteiger partial charge >= 0.3 is 79.6 Å². The molecule has 2 heteroatoms. The Morgan fingerprint density at radius 2 is 1.83 bits per heavy atom. The zero-order chi connectivity index (χ0) is 8.81. The van der Waals surface area contributed by atoms with Crippen molar-refractivity contribution in [1.29, 1.82) is 0 Å². The first kappa shape index (κ1) is 9.19. The van der Waals surface area contributed by atoms with Gasteiger partial charge in [-0.3, -0.25) is 0 Å². The fourth-order valence-corrected chi connectivity index (χ4v) is 2.00. The van der Waals surface area contributed by atoms with Crippen LogP contribution in [0, 0.1) is 10.9 Å². The van der Waals surface area contributed by atoms with Crippen molar-refractivity contribution in [1.82, 2.24) is 4.90 Å². The third kappa shape index (κ3) is 3.48. The van der Waals surface area contributed by atoms with E-state index < -0.39 is 0 Å². The van der Waals surface area contributed by atoms with Gasteiger partial charge in [0.05, 0.1) is 0 Å². The van der Waals surface area contributed by atoms with E-state index in [-0.39, 0.29) is 0 Å². The summed E-state index contributed by atoms with van der Waals surface area (Å²) in [4.78, 5) is 5.02. The standard InChI is InChI=1S/C10H11NSe/c1-11(2)8-9-12-10-6-4-3-5-7-10/h3-7H,1-2H3. The van der Waals surface area contributed by atoms with Gasteiger partial charge in [0.25, 0.3) is 0 Å². The summed E-state index contributed by atoms with van der Waals surface area (Å²) in [5.41, 5.74) is 0. The summed E-state index contributed by atoms with van der Waals surface area (Å²) in [5.74, 6) is 0. The van der Waals surface area contributed by atoms with Gasteiger partial charge in [0, 0.05) is 0 Å². The van der Waals surface area contributed by atoms with Gasteiger partial charge in [-0.25, -0.2) is 0 Å². The zero-order valence-electron chi connectivity index (χ0n) is 7.24. The number of nitrogens with zero attached hydrogens (tertiary/aromatic N) is 1. The second-order valence-electron chi connectivity index (χ2n) is 2.52. The van der Waals surface area contributed by atoms with E-state index in [4.69, 9.17) is 0 Å². The molecule has 0 aliphatic rings. The maximum atomic E-state index is 3.14. The van der Waals surface area contributed by atoms with E-state index >= 15 is 0 Å². The molecule has 0 spiro atoms. The average molecular weight is 224 g/mol. The van der Waals surface area contributed by atoms with E-state index in [1.807, 2.05) is 25.1 Å². The maximum absolute atomic E-state index is 3.14. The number of hydrogen-bond acceptors (Lipinski definition) is 1. The average Bonchev–Trinajstić information content (AvgIpc) is 2.05. The fourth-order valence-electron chi connectivity index (χ4n) is 0.662. The summed E-state index contributed by atoms with van der Waals surface area (Å²) in [6.07, 6.45) is 0. The molecule has 62 valence electrons. The van der Waals surface area contributed by atoms with E-state index in [1.54, 1.807) is 0 Å². The van der Waals surface area contributed by atoms with Gasteiger partial charge in [0.1, 0.15) is 0 Å². The van der Waals surface area contributed by atoms with Crippen molar-refractivity contribution < 1.29 is 0 Å². The van der Waals surface area contributed by atoms with Gasteiger partial charge < -0.3 is 0 Å². The van der Waals surface area contributed by atoms with Gasteiger partial charge in [-0.1, -0.05) is 0 Å². The Morgan fingerprint density at radius 3 is 2.42 bits per heavy atom. The van der Waals surface area contributed by atoms with Crippen LogP contribution in [-0.4, -0.2) is 34.0 Å². The van der Waals surface area contributed by atoms with Crippen molar-refractivity contribution in [3.8, 4) is 10.9 Å². The van der Waals surface area contributed by atoms with Crippen molar-refractivity contribution in [2.75, 3.05) is 14.1 Å². The number of hydrogen-bond donors (Lipinski definition) is 0. The molecule has 12 heavy (non-hydrogen) atoms. The SMILES string of the molecule is CN(C)C#C[Se]c1ccccc1. The minimum atomic E-state index is 0.297. The molecule has 1 aromatic rings. The fraction of sp³-hybridized carbons (Fsp3) is 0.200. The number of rotatable bonds is 1. The monoisotopic (exact) mass is 225 g/mol. The van der Waals surface area contributed by atoms with Crippen LogP contribution in [0.5, 0.6) is 0 Å². The van der Waals surface area contributed by atoms with Crippen molar-refractivity contribution >= 4 is 19.4 Å². The zero-order valence-corrected chi connectivity index (χ0v) is 8.96. The molecule has 0 saturated heterocycles. The molecule has 1 rings (SSSR count). The topological polar surface area (TPSA) is 3.24 Å². The molecule has 0 N–H and O–H groups in total. The second kappa shape index (κ2) is 4.87. The molecule has 0 saturated carbocycles. The normalized spacial score (nSPS) is 8.50. The first-order chi connectivity index (χ1) is 5.79. The summed E-state index contributed by atoms with van der Waals surface area (Å²) in [7, 11) is 3.90. The van der Waals surface area contributed by atoms with Crippen molar-refractivity contribution in [3.63, 3.8) is 0 Å². The van der Waals surface area contributed by atoms with Crippen LogP contribution in [-0.2, 0) is 0 Å². The van der Waals surface area contributed by atoms with Crippen LogP contribution < -0.4 is 4.46 Å². The molecule has 0 unspecified atom stereocenters. The second-order valence-corrected chi connectivity index (χ2v) is 4.37. The van der Waals surface area contributed by atoms with Crippen molar-refractivity contribution in [2.24, 2.45) is 0 Å². The first-order valence-corrected chi connectivity index (χ1v) is 5.40. The predicted octanol–water partition coefficient (Wildman–Crippen LogP) is 0.496. The van der Waals surface area contributed by atoms with Gasteiger partial charge in [0.15, 0.2) is 0 Å². The van der Waals surface area contributed by atoms with E-state index in [2.05, 4.69) is 35.1 Å². The van der Waals surface area contributed by atoms with Crippen LogP contribution in [0.25, 0.3) is 0 Å². The van der Waals surface area contributed by atoms with Gasteiger partial charge in [0.2, 0.25) is 0 Å². The molecule has 0 amide bonds. The van der Waals surface area contributed by atoms with Crippen LogP contribution in [0.2, 0.25) is 0 Å². The van der Waals surface area contributed by atoms with Crippen LogP contribution in [0.1, 0.15) is 0 Å². The Hall–Kier alpha value is -0.901. The summed E-state index contributed by atoms with van der Waals surface area (Å²) in [5, 5.41) is 0.